The van der Waals surface area contributed by atoms with Crippen molar-refractivity contribution in [2.45, 2.75) is 39.0 Å². The van der Waals surface area contributed by atoms with Gasteiger partial charge in [-0.05, 0) is 73.2 Å². The van der Waals surface area contributed by atoms with Crippen LogP contribution in [0.1, 0.15) is 36.6 Å². The molecule has 5 nitrogen and oxygen atoms in total. The highest BCUT2D eigenvalue weighted by molar-refractivity contribution is 5.96. The zero-order chi connectivity index (χ0) is 20.7. The van der Waals surface area contributed by atoms with Gasteiger partial charge in [-0.3, -0.25) is 14.8 Å². The van der Waals surface area contributed by atoms with Gasteiger partial charge in [-0.1, -0.05) is 6.92 Å². The first-order valence-electron chi connectivity index (χ1n) is 10.8. The number of pyridine rings is 2. The van der Waals surface area contributed by atoms with Gasteiger partial charge in [0.25, 0.3) is 0 Å². The summed E-state index contributed by atoms with van der Waals surface area (Å²) in [7, 11) is 1.86. The van der Waals surface area contributed by atoms with Crippen molar-refractivity contribution in [3.8, 4) is 11.3 Å². The van der Waals surface area contributed by atoms with Gasteiger partial charge in [0.05, 0.1) is 17.6 Å². The molecule has 2 aromatic heterocycles. The van der Waals surface area contributed by atoms with E-state index in [2.05, 4.69) is 53.2 Å². The molecule has 2 aliphatic rings. The van der Waals surface area contributed by atoms with Gasteiger partial charge in [0.2, 0.25) is 5.91 Å². The summed E-state index contributed by atoms with van der Waals surface area (Å²) in [5.41, 5.74) is 9.12. The van der Waals surface area contributed by atoms with E-state index in [1.807, 2.05) is 19.4 Å². The van der Waals surface area contributed by atoms with Gasteiger partial charge in [-0.2, -0.15) is 0 Å². The first-order chi connectivity index (χ1) is 14.6. The number of rotatable bonds is 3. The third-order valence-electron chi connectivity index (χ3n) is 6.29. The number of amides is 1. The molecule has 5 rings (SSSR count). The van der Waals surface area contributed by atoms with Gasteiger partial charge in [-0.15, -0.1) is 0 Å². The van der Waals surface area contributed by atoms with Crippen molar-refractivity contribution in [2.75, 3.05) is 23.4 Å². The predicted molar refractivity (Wildman–Crippen MR) is 120 cm³/mol. The maximum Gasteiger partial charge on any atom is 0.227 e. The van der Waals surface area contributed by atoms with E-state index in [1.54, 1.807) is 4.90 Å². The lowest BCUT2D eigenvalue weighted by molar-refractivity contribution is -0.118. The number of hydrogen-bond donors (Lipinski definition) is 0. The average molecular weight is 399 g/mol. The number of carbonyl (C=O) groups excluding carboxylic acids is 1. The molecule has 2 aliphatic heterocycles. The highest BCUT2D eigenvalue weighted by atomic mass is 16.2. The van der Waals surface area contributed by atoms with E-state index in [1.165, 1.54) is 22.5 Å². The molecular weight excluding hydrogens is 372 g/mol. The third-order valence-corrected chi connectivity index (χ3v) is 6.29. The van der Waals surface area contributed by atoms with E-state index >= 15 is 0 Å². The Balaban J connectivity index is 1.48. The van der Waals surface area contributed by atoms with Crippen LogP contribution in [0.5, 0.6) is 0 Å². The van der Waals surface area contributed by atoms with Gasteiger partial charge < -0.3 is 9.80 Å². The summed E-state index contributed by atoms with van der Waals surface area (Å²) >= 11 is 0. The number of aryl methyl sites for hydroxylation is 3. The molecule has 0 saturated heterocycles. The van der Waals surface area contributed by atoms with E-state index in [0.717, 1.165) is 54.9 Å². The fraction of sp³-hybridized carbons (Fsp3) is 0.320. The molecule has 0 radical (unpaired) electrons. The highest BCUT2D eigenvalue weighted by Gasteiger charge is 2.24. The summed E-state index contributed by atoms with van der Waals surface area (Å²) in [6.07, 6.45) is 8.44. The van der Waals surface area contributed by atoms with Crippen LogP contribution >= 0.6 is 0 Å². The van der Waals surface area contributed by atoms with Crippen LogP contribution < -0.4 is 9.80 Å². The van der Waals surface area contributed by atoms with Crippen LogP contribution in [0.25, 0.3) is 11.3 Å². The molecule has 30 heavy (non-hydrogen) atoms. The van der Waals surface area contributed by atoms with Crippen LogP contribution in [-0.2, 0) is 24.1 Å². The van der Waals surface area contributed by atoms with Gasteiger partial charge in [0.15, 0.2) is 0 Å². The molecule has 0 bridgehead atoms. The Morgan fingerprint density at radius 3 is 2.60 bits per heavy atom. The Kier molecular flexibility index (Phi) is 4.74. The van der Waals surface area contributed by atoms with Crippen LogP contribution in [0.2, 0.25) is 0 Å². The topological polar surface area (TPSA) is 49.3 Å². The summed E-state index contributed by atoms with van der Waals surface area (Å²) in [5, 5.41) is 0. The minimum Gasteiger partial charge on any atom is -0.340 e. The zero-order valence-corrected chi connectivity index (χ0v) is 17.6. The fourth-order valence-corrected chi connectivity index (χ4v) is 4.50. The Labute approximate surface area is 177 Å². The lowest BCUT2D eigenvalue weighted by Crippen LogP contribution is -2.31. The van der Waals surface area contributed by atoms with E-state index in [4.69, 9.17) is 4.98 Å². The largest absolute Gasteiger partial charge is 0.340 e. The van der Waals surface area contributed by atoms with Gasteiger partial charge in [-0.25, -0.2) is 0 Å². The molecule has 0 aliphatic carbocycles. The summed E-state index contributed by atoms with van der Waals surface area (Å²) < 4.78 is 0. The lowest BCUT2D eigenvalue weighted by Gasteiger charge is -2.33. The van der Waals surface area contributed by atoms with Gasteiger partial charge >= 0.3 is 0 Å². The number of fused-ring (bicyclic) bond motifs is 2. The van der Waals surface area contributed by atoms with E-state index in [-0.39, 0.29) is 5.91 Å². The quantitative estimate of drug-likeness (QED) is 0.642. The molecule has 1 aromatic carbocycles. The third kappa shape index (κ3) is 3.24. The molecular formula is C25H26N4O. The number of anilines is 3. The molecule has 5 heteroatoms. The van der Waals surface area contributed by atoms with Crippen molar-refractivity contribution in [3.05, 3.63) is 65.6 Å². The average Bonchev–Trinajstić information content (AvgIpc) is 2.80. The molecule has 1 amide bonds. The number of aromatic nitrogens is 2. The second kappa shape index (κ2) is 7.56. The second-order valence-electron chi connectivity index (χ2n) is 8.11. The van der Waals surface area contributed by atoms with E-state index in [0.29, 0.717) is 6.42 Å². The number of hydrogen-bond acceptors (Lipinski definition) is 4. The van der Waals surface area contributed by atoms with Gasteiger partial charge in [0.1, 0.15) is 0 Å². The Bertz CT molecular complexity index is 1110. The van der Waals surface area contributed by atoms with Gasteiger partial charge in [0, 0.05) is 48.8 Å². The number of nitrogens with zero attached hydrogens (tertiary/aromatic N) is 4. The molecule has 0 atom stereocenters. The lowest BCUT2D eigenvalue weighted by atomic mass is 9.98. The highest BCUT2D eigenvalue weighted by Crippen LogP contribution is 2.37. The van der Waals surface area contributed by atoms with Crippen molar-refractivity contribution in [1.82, 2.24) is 9.97 Å². The molecule has 0 spiro atoms. The second-order valence-corrected chi connectivity index (χ2v) is 8.11. The molecule has 0 unspecified atom stereocenters. The van der Waals surface area contributed by atoms with Crippen molar-refractivity contribution in [1.29, 1.82) is 0 Å². The minimum absolute atomic E-state index is 0.191. The van der Waals surface area contributed by atoms with Crippen molar-refractivity contribution < 1.29 is 4.79 Å². The van der Waals surface area contributed by atoms with E-state index in [9.17, 15) is 4.79 Å². The molecule has 4 heterocycles. The standard InChI is InChI=1S/C25H26N4O/c1-3-20-8-6-19(15-26-20)22-14-17-5-4-12-29(24(17)16-27-22)21-9-10-23-18(13-21)7-11-25(30)28(23)2/h6,8-10,13-16H,3-5,7,11-12H2,1-2H3. The summed E-state index contributed by atoms with van der Waals surface area (Å²) in [6.45, 7) is 3.10. The van der Waals surface area contributed by atoms with Crippen molar-refractivity contribution in [2.24, 2.45) is 0 Å². The smallest absolute Gasteiger partial charge is 0.227 e. The first kappa shape index (κ1) is 18.8. The SMILES string of the molecule is CCc1ccc(-c2cc3c(cn2)N(c2ccc4c(c2)CCC(=O)N4C)CCC3)cn1. The Morgan fingerprint density at radius 1 is 0.933 bits per heavy atom. The molecule has 0 fully saturated rings. The Morgan fingerprint density at radius 2 is 1.80 bits per heavy atom. The normalized spacial score (nSPS) is 15.7. The maximum atomic E-state index is 12.0. The fourth-order valence-electron chi connectivity index (χ4n) is 4.50. The van der Waals surface area contributed by atoms with Crippen LogP contribution in [0.4, 0.5) is 17.1 Å². The number of carbonyl (C=O) groups is 1. The summed E-state index contributed by atoms with van der Waals surface area (Å²) in [6, 6.07) is 12.9. The molecule has 3 aromatic rings. The van der Waals surface area contributed by atoms with Crippen LogP contribution in [0.15, 0.2) is 48.8 Å². The van der Waals surface area contributed by atoms with Crippen molar-refractivity contribution >= 4 is 23.0 Å². The van der Waals surface area contributed by atoms with E-state index < -0.39 is 0 Å². The predicted octanol–water partition coefficient (Wildman–Crippen LogP) is 4.70. The minimum atomic E-state index is 0.191. The van der Waals surface area contributed by atoms with Crippen molar-refractivity contribution in [3.63, 3.8) is 0 Å². The van der Waals surface area contributed by atoms with Crippen LogP contribution in [0, 0.1) is 0 Å². The number of benzene rings is 1. The summed E-state index contributed by atoms with van der Waals surface area (Å²) in [5.74, 6) is 0.191. The molecule has 0 N–H and O–H groups in total. The zero-order valence-electron chi connectivity index (χ0n) is 17.6. The Hall–Kier alpha value is -3.21. The van der Waals surface area contributed by atoms with Crippen LogP contribution in [0.3, 0.4) is 0 Å². The van der Waals surface area contributed by atoms with Crippen LogP contribution in [-0.4, -0.2) is 29.5 Å². The molecule has 0 saturated carbocycles. The molecule has 152 valence electrons. The summed E-state index contributed by atoms with van der Waals surface area (Å²) in [4.78, 5) is 25.4. The maximum absolute atomic E-state index is 12.0. The first-order valence-corrected chi connectivity index (χ1v) is 10.8. The monoisotopic (exact) mass is 398 g/mol.